The molecule has 19 heavy (non-hydrogen) atoms. The Labute approximate surface area is 122 Å². The summed E-state index contributed by atoms with van der Waals surface area (Å²) in [6.45, 7) is 4.10. The van der Waals surface area contributed by atoms with Crippen LogP contribution in [0.1, 0.15) is 24.9 Å². The van der Waals surface area contributed by atoms with E-state index in [2.05, 4.69) is 43.9 Å². The smallest absolute Gasteiger partial charge is 0.0511 e. The third kappa shape index (κ3) is 4.77. The molecule has 1 aromatic rings. The van der Waals surface area contributed by atoms with Crippen LogP contribution in [-0.4, -0.2) is 50.1 Å². The third-order valence-corrected chi connectivity index (χ3v) is 3.82. The topological polar surface area (TPSA) is 32.5 Å². The fourth-order valence-corrected chi connectivity index (χ4v) is 2.48. The van der Waals surface area contributed by atoms with Crippen LogP contribution in [-0.2, 0) is 0 Å². The van der Waals surface area contributed by atoms with E-state index >= 15 is 0 Å². The van der Waals surface area contributed by atoms with Gasteiger partial charge in [0, 0.05) is 24.2 Å². The van der Waals surface area contributed by atoms with Gasteiger partial charge in [0.05, 0.1) is 6.04 Å². The van der Waals surface area contributed by atoms with Gasteiger partial charge in [0.2, 0.25) is 0 Å². The molecular formula is C15H26ClN3. The Balaban J connectivity index is 2.92. The number of hydrogen-bond acceptors (Lipinski definition) is 3. The molecule has 0 aliphatic carbocycles. The molecule has 0 saturated carbocycles. The van der Waals surface area contributed by atoms with Gasteiger partial charge < -0.3 is 10.6 Å². The molecule has 1 aromatic carbocycles. The Bertz CT molecular complexity index is 381. The van der Waals surface area contributed by atoms with Crippen LogP contribution in [0.15, 0.2) is 24.3 Å². The molecule has 0 heterocycles. The predicted octanol–water partition coefficient (Wildman–Crippen LogP) is 2.61. The van der Waals surface area contributed by atoms with Crippen molar-refractivity contribution in [3.8, 4) is 0 Å². The van der Waals surface area contributed by atoms with Gasteiger partial charge in [0.15, 0.2) is 0 Å². The summed E-state index contributed by atoms with van der Waals surface area (Å²) >= 11 is 6.33. The lowest BCUT2D eigenvalue weighted by atomic mass is 9.96. The Morgan fingerprint density at radius 1 is 1.16 bits per heavy atom. The van der Waals surface area contributed by atoms with Crippen LogP contribution in [0.5, 0.6) is 0 Å². The largest absolute Gasteiger partial charge is 0.326 e. The second-order valence-electron chi connectivity index (χ2n) is 5.32. The first-order valence-corrected chi connectivity index (χ1v) is 7.20. The molecule has 0 aromatic heterocycles. The van der Waals surface area contributed by atoms with Gasteiger partial charge in [-0.3, -0.25) is 4.90 Å². The monoisotopic (exact) mass is 283 g/mol. The van der Waals surface area contributed by atoms with Crippen LogP contribution in [0.3, 0.4) is 0 Å². The Morgan fingerprint density at radius 2 is 1.79 bits per heavy atom. The predicted molar refractivity (Wildman–Crippen MR) is 83.6 cm³/mol. The highest BCUT2D eigenvalue weighted by Gasteiger charge is 2.24. The first-order valence-electron chi connectivity index (χ1n) is 6.82. The first kappa shape index (κ1) is 16.4. The second-order valence-corrected chi connectivity index (χ2v) is 5.73. The Kier molecular flexibility index (Phi) is 6.80. The summed E-state index contributed by atoms with van der Waals surface area (Å²) in [7, 11) is 6.28. The maximum absolute atomic E-state index is 6.33. The highest BCUT2D eigenvalue weighted by molar-refractivity contribution is 6.31. The molecule has 3 nitrogen and oxygen atoms in total. The quantitative estimate of drug-likeness (QED) is 0.835. The molecule has 2 N–H and O–H groups in total. The summed E-state index contributed by atoms with van der Waals surface area (Å²) in [5.41, 5.74) is 7.44. The number of rotatable bonds is 7. The molecule has 1 rings (SSSR count). The summed E-state index contributed by atoms with van der Waals surface area (Å²) in [5, 5.41) is 0.799. The normalized spacial score (nSPS) is 14.9. The lowest BCUT2D eigenvalue weighted by Gasteiger charge is -2.34. The molecule has 0 bridgehead atoms. The summed E-state index contributed by atoms with van der Waals surface area (Å²) in [5.74, 6) is 0. The standard InChI is InChI=1S/C15H26ClN3/c1-5-14(17)15(19(4)11-10-18(2)3)12-8-6-7-9-13(12)16/h6-9,14-15H,5,10-11,17H2,1-4H3. The molecule has 0 radical (unpaired) electrons. The number of likely N-dealkylation sites (N-methyl/N-ethyl adjacent to an activating group) is 2. The maximum atomic E-state index is 6.33. The number of halogens is 1. The van der Waals surface area contributed by atoms with Crippen LogP contribution < -0.4 is 5.73 Å². The second kappa shape index (κ2) is 7.85. The fourth-order valence-electron chi connectivity index (χ4n) is 2.23. The van der Waals surface area contributed by atoms with Gasteiger partial charge in [0.1, 0.15) is 0 Å². The van der Waals surface area contributed by atoms with Gasteiger partial charge in [-0.2, -0.15) is 0 Å². The molecule has 0 saturated heterocycles. The summed E-state index contributed by atoms with van der Waals surface area (Å²) in [4.78, 5) is 4.48. The lowest BCUT2D eigenvalue weighted by Crippen LogP contribution is -2.41. The number of nitrogens with two attached hydrogens (primary N) is 1. The molecule has 4 heteroatoms. The molecular weight excluding hydrogens is 258 g/mol. The van der Waals surface area contributed by atoms with Crippen molar-refractivity contribution in [2.75, 3.05) is 34.2 Å². The van der Waals surface area contributed by atoms with Crippen molar-refractivity contribution in [3.05, 3.63) is 34.9 Å². The molecule has 0 aliphatic rings. The van der Waals surface area contributed by atoms with Gasteiger partial charge in [-0.25, -0.2) is 0 Å². The van der Waals surface area contributed by atoms with Crippen LogP contribution in [0.25, 0.3) is 0 Å². The van der Waals surface area contributed by atoms with E-state index in [4.69, 9.17) is 17.3 Å². The van der Waals surface area contributed by atoms with Crippen LogP contribution in [0, 0.1) is 0 Å². The number of nitrogens with zero attached hydrogens (tertiary/aromatic N) is 2. The van der Waals surface area contributed by atoms with E-state index < -0.39 is 0 Å². The van der Waals surface area contributed by atoms with Crippen molar-refractivity contribution in [1.29, 1.82) is 0 Å². The number of hydrogen-bond donors (Lipinski definition) is 1. The van der Waals surface area contributed by atoms with Gasteiger partial charge >= 0.3 is 0 Å². The summed E-state index contributed by atoms with van der Waals surface area (Å²) < 4.78 is 0. The summed E-state index contributed by atoms with van der Waals surface area (Å²) in [6.07, 6.45) is 0.933. The zero-order chi connectivity index (χ0) is 14.4. The van der Waals surface area contributed by atoms with Gasteiger partial charge in [-0.15, -0.1) is 0 Å². The van der Waals surface area contributed by atoms with Gasteiger partial charge in [0.25, 0.3) is 0 Å². The van der Waals surface area contributed by atoms with E-state index in [0.717, 1.165) is 30.1 Å². The van der Waals surface area contributed by atoms with Crippen LogP contribution >= 0.6 is 11.6 Å². The van der Waals surface area contributed by atoms with Crippen molar-refractivity contribution in [2.45, 2.75) is 25.4 Å². The molecule has 0 spiro atoms. The van der Waals surface area contributed by atoms with E-state index in [1.807, 2.05) is 18.2 Å². The van der Waals surface area contributed by atoms with Crippen molar-refractivity contribution in [3.63, 3.8) is 0 Å². The molecule has 2 unspecified atom stereocenters. The third-order valence-electron chi connectivity index (χ3n) is 3.48. The van der Waals surface area contributed by atoms with Gasteiger partial charge in [-0.05, 0) is 39.2 Å². The fraction of sp³-hybridized carbons (Fsp3) is 0.600. The van der Waals surface area contributed by atoms with E-state index in [9.17, 15) is 0 Å². The minimum atomic E-state index is 0.0899. The zero-order valence-electron chi connectivity index (χ0n) is 12.4. The average Bonchev–Trinajstić information content (AvgIpc) is 2.38. The Hall–Kier alpha value is -0.610. The van der Waals surface area contributed by atoms with Gasteiger partial charge in [-0.1, -0.05) is 36.7 Å². The molecule has 0 fully saturated rings. The molecule has 0 aliphatic heterocycles. The van der Waals surface area contributed by atoms with Crippen molar-refractivity contribution < 1.29 is 0 Å². The lowest BCUT2D eigenvalue weighted by molar-refractivity contribution is 0.191. The minimum Gasteiger partial charge on any atom is -0.326 e. The van der Waals surface area contributed by atoms with E-state index in [1.54, 1.807) is 0 Å². The van der Waals surface area contributed by atoms with Crippen LogP contribution in [0.4, 0.5) is 0 Å². The highest BCUT2D eigenvalue weighted by atomic mass is 35.5. The van der Waals surface area contributed by atoms with E-state index in [0.29, 0.717) is 0 Å². The first-order chi connectivity index (χ1) is 8.97. The number of benzene rings is 1. The van der Waals surface area contributed by atoms with Crippen molar-refractivity contribution >= 4 is 11.6 Å². The van der Waals surface area contributed by atoms with E-state index in [-0.39, 0.29) is 12.1 Å². The summed E-state index contributed by atoms with van der Waals surface area (Å²) in [6, 6.07) is 8.25. The maximum Gasteiger partial charge on any atom is 0.0511 e. The SMILES string of the molecule is CCC(N)C(c1ccccc1Cl)N(C)CCN(C)C. The van der Waals surface area contributed by atoms with Crippen LogP contribution in [0.2, 0.25) is 5.02 Å². The Morgan fingerprint density at radius 3 is 2.32 bits per heavy atom. The van der Waals surface area contributed by atoms with Crippen molar-refractivity contribution in [1.82, 2.24) is 9.80 Å². The highest BCUT2D eigenvalue weighted by Crippen LogP contribution is 2.29. The van der Waals surface area contributed by atoms with Crippen molar-refractivity contribution in [2.24, 2.45) is 5.73 Å². The molecule has 0 amide bonds. The molecule has 2 atom stereocenters. The van der Waals surface area contributed by atoms with E-state index in [1.165, 1.54) is 0 Å². The zero-order valence-corrected chi connectivity index (χ0v) is 13.2. The average molecular weight is 284 g/mol. The minimum absolute atomic E-state index is 0.0899. The molecule has 108 valence electrons.